The molecule has 0 aliphatic carbocycles. The van der Waals surface area contributed by atoms with E-state index >= 15 is 0 Å². The minimum absolute atomic E-state index is 0.320. The van der Waals surface area contributed by atoms with Gasteiger partial charge in [-0.2, -0.15) is 0 Å². The lowest BCUT2D eigenvalue weighted by molar-refractivity contribution is 0.0696. The van der Waals surface area contributed by atoms with Gasteiger partial charge in [-0.3, -0.25) is 0 Å². The molecule has 3 nitrogen and oxygen atoms in total. The van der Waals surface area contributed by atoms with Gasteiger partial charge < -0.3 is 9.84 Å². The van der Waals surface area contributed by atoms with E-state index in [4.69, 9.17) is 9.84 Å². The van der Waals surface area contributed by atoms with Crippen molar-refractivity contribution in [2.24, 2.45) is 0 Å². The van der Waals surface area contributed by atoms with Crippen LogP contribution in [0.5, 0.6) is 0 Å². The van der Waals surface area contributed by atoms with E-state index in [1.54, 1.807) is 12.1 Å². The summed E-state index contributed by atoms with van der Waals surface area (Å²) in [6, 6.07) is 15.5. The minimum atomic E-state index is -0.895. The molecule has 21 heavy (non-hydrogen) atoms. The van der Waals surface area contributed by atoms with Gasteiger partial charge in [0.1, 0.15) is 0 Å². The van der Waals surface area contributed by atoms with Crippen LogP contribution in [0.2, 0.25) is 0 Å². The summed E-state index contributed by atoms with van der Waals surface area (Å²) in [6.45, 7) is 3.14. The first-order valence-electron chi connectivity index (χ1n) is 7.11. The van der Waals surface area contributed by atoms with E-state index in [1.165, 1.54) is 5.56 Å². The van der Waals surface area contributed by atoms with Crippen LogP contribution >= 0.6 is 0 Å². The van der Waals surface area contributed by atoms with Gasteiger partial charge in [-0.15, -0.1) is 0 Å². The van der Waals surface area contributed by atoms with Gasteiger partial charge in [-0.05, 0) is 48.6 Å². The lowest BCUT2D eigenvalue weighted by Gasteiger charge is -2.08. The van der Waals surface area contributed by atoms with E-state index in [-0.39, 0.29) is 0 Å². The van der Waals surface area contributed by atoms with Crippen LogP contribution < -0.4 is 0 Å². The zero-order valence-corrected chi connectivity index (χ0v) is 12.2. The molecule has 0 bridgehead atoms. The Balaban J connectivity index is 1.75. The van der Waals surface area contributed by atoms with E-state index in [0.29, 0.717) is 18.8 Å². The first-order chi connectivity index (χ1) is 10.2. The Morgan fingerprint density at radius 2 is 1.90 bits per heavy atom. The monoisotopic (exact) mass is 284 g/mol. The predicted octanol–water partition coefficient (Wildman–Crippen LogP) is 3.84. The first-order valence-corrected chi connectivity index (χ1v) is 7.11. The van der Waals surface area contributed by atoms with Crippen molar-refractivity contribution in [3.05, 3.63) is 70.8 Å². The second-order valence-corrected chi connectivity index (χ2v) is 5.09. The molecule has 0 heterocycles. The summed E-state index contributed by atoms with van der Waals surface area (Å²) in [5, 5.41) is 8.92. The van der Waals surface area contributed by atoms with Crippen LogP contribution in [-0.4, -0.2) is 17.7 Å². The Kier molecular flexibility index (Phi) is 5.52. The summed E-state index contributed by atoms with van der Waals surface area (Å²) in [5.41, 5.74) is 3.64. The average Bonchev–Trinajstić information content (AvgIpc) is 2.49. The summed E-state index contributed by atoms with van der Waals surface area (Å²) in [5.74, 6) is -0.895. The number of hydrogen-bond donors (Lipinski definition) is 1. The fourth-order valence-electron chi connectivity index (χ4n) is 2.20. The number of carbonyl (C=O) groups is 1. The lowest BCUT2D eigenvalue weighted by atomic mass is 10.1. The van der Waals surface area contributed by atoms with E-state index < -0.39 is 5.97 Å². The van der Waals surface area contributed by atoms with Crippen molar-refractivity contribution < 1.29 is 14.6 Å². The summed E-state index contributed by atoms with van der Waals surface area (Å²) >= 11 is 0. The maximum absolute atomic E-state index is 10.9. The van der Waals surface area contributed by atoms with Gasteiger partial charge in [0.2, 0.25) is 0 Å². The largest absolute Gasteiger partial charge is 0.478 e. The molecule has 0 atom stereocenters. The van der Waals surface area contributed by atoms with Crippen molar-refractivity contribution in [2.45, 2.75) is 26.4 Å². The van der Waals surface area contributed by atoms with Crippen molar-refractivity contribution in [3.63, 3.8) is 0 Å². The van der Waals surface area contributed by atoms with Gasteiger partial charge in [0.25, 0.3) is 0 Å². The lowest BCUT2D eigenvalue weighted by Crippen LogP contribution is -2.02. The van der Waals surface area contributed by atoms with Crippen molar-refractivity contribution >= 4 is 5.97 Å². The number of aryl methyl sites for hydroxylation is 2. The number of carboxylic acids is 1. The molecule has 2 aromatic carbocycles. The summed E-state index contributed by atoms with van der Waals surface area (Å²) < 4.78 is 5.68. The quantitative estimate of drug-likeness (QED) is 0.786. The maximum atomic E-state index is 10.9. The van der Waals surface area contributed by atoms with Gasteiger partial charge >= 0.3 is 5.97 Å². The number of aromatic carboxylic acids is 1. The van der Waals surface area contributed by atoms with Crippen LogP contribution in [-0.2, 0) is 17.8 Å². The van der Waals surface area contributed by atoms with E-state index in [0.717, 1.165) is 24.0 Å². The molecular formula is C18H20O3. The highest BCUT2D eigenvalue weighted by atomic mass is 16.5. The molecule has 0 saturated carbocycles. The second kappa shape index (κ2) is 7.60. The number of ether oxygens (including phenoxy) is 1. The van der Waals surface area contributed by atoms with Crippen molar-refractivity contribution in [1.29, 1.82) is 0 Å². The van der Waals surface area contributed by atoms with E-state index in [1.807, 2.05) is 31.2 Å². The Hall–Kier alpha value is -2.13. The van der Waals surface area contributed by atoms with Gasteiger partial charge in [-0.25, -0.2) is 4.79 Å². The Morgan fingerprint density at radius 3 is 2.57 bits per heavy atom. The minimum Gasteiger partial charge on any atom is -0.478 e. The van der Waals surface area contributed by atoms with Crippen molar-refractivity contribution in [1.82, 2.24) is 0 Å². The molecule has 0 unspecified atom stereocenters. The fourth-order valence-corrected chi connectivity index (χ4v) is 2.20. The molecular weight excluding hydrogens is 264 g/mol. The van der Waals surface area contributed by atoms with Crippen LogP contribution in [0.1, 0.15) is 33.5 Å². The number of carboxylic acid groups (broad SMARTS) is 1. The van der Waals surface area contributed by atoms with E-state index in [9.17, 15) is 4.79 Å². The molecule has 0 fully saturated rings. The third-order valence-electron chi connectivity index (χ3n) is 3.44. The smallest absolute Gasteiger partial charge is 0.335 e. The molecule has 1 N–H and O–H groups in total. The molecule has 0 radical (unpaired) electrons. The zero-order chi connectivity index (χ0) is 15.1. The van der Waals surface area contributed by atoms with Crippen LogP contribution in [0.25, 0.3) is 0 Å². The Morgan fingerprint density at radius 1 is 1.14 bits per heavy atom. The highest BCUT2D eigenvalue weighted by molar-refractivity contribution is 5.87. The topological polar surface area (TPSA) is 46.5 Å². The molecule has 0 aliphatic rings. The van der Waals surface area contributed by atoms with Crippen molar-refractivity contribution in [3.8, 4) is 0 Å². The summed E-state index contributed by atoms with van der Waals surface area (Å²) in [4.78, 5) is 10.9. The highest BCUT2D eigenvalue weighted by Gasteiger charge is 2.05. The van der Waals surface area contributed by atoms with Crippen molar-refractivity contribution in [2.75, 3.05) is 6.61 Å². The third kappa shape index (κ3) is 4.72. The normalized spacial score (nSPS) is 10.5. The van der Waals surface area contributed by atoms with Crippen LogP contribution in [0.15, 0.2) is 48.5 Å². The van der Waals surface area contributed by atoms with Gasteiger partial charge in [-0.1, -0.05) is 36.4 Å². The highest BCUT2D eigenvalue weighted by Crippen LogP contribution is 2.13. The van der Waals surface area contributed by atoms with Crippen LogP contribution in [0, 0.1) is 6.92 Å². The maximum Gasteiger partial charge on any atom is 0.335 e. The number of benzene rings is 2. The standard InChI is InChI=1S/C18H20O3/c1-14-12-16(18(19)20)9-10-17(14)13-21-11-5-8-15-6-3-2-4-7-15/h2-4,6-7,9-10,12H,5,8,11,13H2,1H3,(H,19,20). The Labute approximate surface area is 125 Å². The SMILES string of the molecule is Cc1cc(C(=O)O)ccc1COCCCc1ccccc1. The number of hydrogen-bond acceptors (Lipinski definition) is 2. The third-order valence-corrected chi connectivity index (χ3v) is 3.44. The summed E-state index contributed by atoms with van der Waals surface area (Å²) in [6.07, 6.45) is 1.99. The fraction of sp³-hybridized carbons (Fsp3) is 0.278. The van der Waals surface area contributed by atoms with Gasteiger partial charge in [0, 0.05) is 6.61 Å². The molecule has 3 heteroatoms. The molecule has 0 saturated heterocycles. The van der Waals surface area contributed by atoms with Gasteiger partial charge in [0.15, 0.2) is 0 Å². The molecule has 2 rings (SSSR count). The number of rotatable bonds is 7. The molecule has 2 aromatic rings. The van der Waals surface area contributed by atoms with Crippen LogP contribution in [0.4, 0.5) is 0 Å². The first kappa shape index (κ1) is 15.3. The molecule has 110 valence electrons. The van der Waals surface area contributed by atoms with Crippen LogP contribution in [0.3, 0.4) is 0 Å². The molecule has 0 amide bonds. The second-order valence-electron chi connectivity index (χ2n) is 5.09. The molecule has 0 spiro atoms. The summed E-state index contributed by atoms with van der Waals surface area (Å²) in [7, 11) is 0. The predicted molar refractivity (Wildman–Crippen MR) is 82.6 cm³/mol. The van der Waals surface area contributed by atoms with Gasteiger partial charge in [0.05, 0.1) is 12.2 Å². The molecule has 0 aliphatic heterocycles. The average molecular weight is 284 g/mol. The Bertz CT molecular complexity index is 591. The molecule has 0 aromatic heterocycles. The van der Waals surface area contributed by atoms with E-state index in [2.05, 4.69) is 12.1 Å². The zero-order valence-electron chi connectivity index (χ0n) is 12.2.